The molecule has 7 nitrogen and oxygen atoms in total. The van der Waals surface area contributed by atoms with E-state index in [1.807, 2.05) is 0 Å². The maximum absolute atomic E-state index is 12.5. The van der Waals surface area contributed by atoms with E-state index in [9.17, 15) is 9.59 Å². The van der Waals surface area contributed by atoms with Gasteiger partial charge in [0.25, 0.3) is 0 Å². The Morgan fingerprint density at radius 1 is 0.878 bits per heavy atom. The summed E-state index contributed by atoms with van der Waals surface area (Å²) < 4.78 is 19.2. The molecule has 8 heteroatoms. The molecular formula is C33H55BrN2O5. The molecule has 0 radical (unpaired) electrons. The van der Waals surface area contributed by atoms with E-state index in [0.717, 1.165) is 50.0 Å². The number of fused-ring (bicyclic) bond motifs is 5. The average molecular weight is 640 g/mol. The maximum atomic E-state index is 12.5. The number of carbonyl (C=O) groups excluding carboxylic acids is 2. The number of likely N-dealkylation sites (N-methyl/N-ethyl adjacent to an activating group) is 1. The fourth-order valence-corrected chi connectivity index (χ4v) is 11.4. The van der Waals surface area contributed by atoms with Crippen LogP contribution in [0, 0.1) is 34.5 Å². The lowest BCUT2D eigenvalue weighted by atomic mass is 9.44. The van der Waals surface area contributed by atoms with Crippen molar-refractivity contribution < 1.29 is 45.3 Å². The molecule has 0 spiro atoms. The van der Waals surface area contributed by atoms with Crippen LogP contribution in [0.2, 0.25) is 0 Å². The van der Waals surface area contributed by atoms with Gasteiger partial charge in [-0.05, 0) is 86.9 Å². The van der Waals surface area contributed by atoms with E-state index in [2.05, 4.69) is 25.8 Å². The molecule has 2 saturated heterocycles. The van der Waals surface area contributed by atoms with Crippen molar-refractivity contribution in [2.75, 3.05) is 46.4 Å². The number of esters is 2. The summed E-state index contributed by atoms with van der Waals surface area (Å²) in [6.45, 7) is 14.1. The minimum atomic E-state index is -0.142. The molecule has 0 aromatic rings. The van der Waals surface area contributed by atoms with Gasteiger partial charge < -0.3 is 35.7 Å². The summed E-state index contributed by atoms with van der Waals surface area (Å²) >= 11 is 0. The Hall–Kier alpha value is -0.700. The average Bonchev–Trinajstić information content (AvgIpc) is 3.21. The van der Waals surface area contributed by atoms with Crippen molar-refractivity contribution in [3.63, 3.8) is 0 Å². The predicted octanol–water partition coefficient (Wildman–Crippen LogP) is 1.82. The number of morpholine rings is 1. The summed E-state index contributed by atoms with van der Waals surface area (Å²) in [5.41, 5.74) is 0.320. The number of piperidine rings is 1. The van der Waals surface area contributed by atoms with E-state index >= 15 is 0 Å². The zero-order chi connectivity index (χ0) is 28.3. The summed E-state index contributed by atoms with van der Waals surface area (Å²) in [6.07, 6.45) is 12.1. The zero-order valence-corrected chi connectivity index (χ0v) is 27.8. The first-order valence-corrected chi connectivity index (χ1v) is 16.6. The third kappa shape index (κ3) is 5.55. The Morgan fingerprint density at radius 3 is 2.22 bits per heavy atom. The van der Waals surface area contributed by atoms with Crippen LogP contribution in [0.3, 0.4) is 0 Å². The highest BCUT2D eigenvalue weighted by molar-refractivity contribution is 5.66. The van der Waals surface area contributed by atoms with E-state index in [-0.39, 0.29) is 58.0 Å². The lowest BCUT2D eigenvalue weighted by Crippen LogP contribution is -3.00. The number of quaternary nitrogens is 1. The lowest BCUT2D eigenvalue weighted by Gasteiger charge is -2.62. The third-order valence-corrected chi connectivity index (χ3v) is 13.4. The molecule has 10 atom stereocenters. The van der Waals surface area contributed by atoms with Gasteiger partial charge in [0.2, 0.25) is 0 Å². The molecule has 2 aliphatic heterocycles. The minimum absolute atomic E-state index is 0. The number of hydrogen-bond donors (Lipinski definition) is 0. The largest absolute Gasteiger partial charge is 1.00 e. The van der Waals surface area contributed by atoms with E-state index in [1.165, 1.54) is 58.0 Å². The van der Waals surface area contributed by atoms with Crippen LogP contribution < -0.4 is 17.0 Å². The number of halogens is 1. The van der Waals surface area contributed by atoms with Crippen molar-refractivity contribution in [2.24, 2.45) is 34.5 Å². The summed E-state index contributed by atoms with van der Waals surface area (Å²) in [7, 11) is 2.46. The monoisotopic (exact) mass is 638 g/mol. The number of nitrogens with zero attached hydrogens (tertiary/aromatic N) is 2. The molecule has 4 aliphatic carbocycles. The van der Waals surface area contributed by atoms with Gasteiger partial charge in [0.1, 0.15) is 12.1 Å². The number of likely N-dealkylation sites (tertiary alicyclic amines) is 1. The molecule has 6 fully saturated rings. The van der Waals surface area contributed by atoms with Crippen LogP contribution >= 0.6 is 0 Å². The third-order valence-electron chi connectivity index (χ3n) is 13.4. The topological polar surface area (TPSA) is 65.1 Å². The Morgan fingerprint density at radius 2 is 1.56 bits per heavy atom. The van der Waals surface area contributed by atoms with Crippen LogP contribution in [0.4, 0.5) is 0 Å². The summed E-state index contributed by atoms with van der Waals surface area (Å²) in [5, 5.41) is 0. The molecule has 234 valence electrons. The molecule has 2 heterocycles. The van der Waals surface area contributed by atoms with Crippen LogP contribution in [-0.4, -0.2) is 92.1 Å². The quantitative estimate of drug-likeness (QED) is 0.346. The molecule has 4 saturated carbocycles. The van der Waals surface area contributed by atoms with Gasteiger partial charge in [0, 0.05) is 44.8 Å². The molecule has 6 aliphatic rings. The zero-order valence-electron chi connectivity index (χ0n) is 26.2. The Kier molecular flexibility index (Phi) is 9.29. The Bertz CT molecular complexity index is 967. The smallest absolute Gasteiger partial charge is 0.303 e. The van der Waals surface area contributed by atoms with Gasteiger partial charge in [-0.2, -0.15) is 0 Å². The van der Waals surface area contributed by atoms with Crippen LogP contribution in [-0.2, 0) is 23.8 Å². The van der Waals surface area contributed by atoms with E-state index in [0.29, 0.717) is 29.7 Å². The predicted molar refractivity (Wildman–Crippen MR) is 153 cm³/mol. The SMILES string of the molecule is CC(=O)O[C@H]1C[C@@H]2CCC3C4C[C@H]([N+]5(C)CCCCC5)[C@H](OC(C)=O)[C@@]4(C)CCC3[C@@]2(C)C[C@@H]1N1CCOCC1.[Br-]. The molecule has 0 aromatic heterocycles. The second-order valence-corrected chi connectivity index (χ2v) is 15.3. The molecule has 0 bridgehead atoms. The Labute approximate surface area is 258 Å². The van der Waals surface area contributed by atoms with Gasteiger partial charge in [-0.25, -0.2) is 0 Å². The van der Waals surface area contributed by atoms with Gasteiger partial charge in [-0.3, -0.25) is 14.5 Å². The first-order valence-electron chi connectivity index (χ1n) is 16.6. The molecule has 0 amide bonds. The highest BCUT2D eigenvalue weighted by Crippen LogP contribution is 2.67. The van der Waals surface area contributed by atoms with Gasteiger partial charge in [-0.15, -0.1) is 0 Å². The fraction of sp³-hybridized carbons (Fsp3) is 0.939. The summed E-state index contributed by atoms with van der Waals surface area (Å²) in [6, 6.07) is 0.702. The second-order valence-electron chi connectivity index (χ2n) is 15.3. The van der Waals surface area contributed by atoms with Crippen LogP contribution in [0.1, 0.15) is 91.9 Å². The van der Waals surface area contributed by atoms with Gasteiger partial charge >= 0.3 is 11.9 Å². The highest BCUT2D eigenvalue weighted by Gasteiger charge is 2.67. The van der Waals surface area contributed by atoms with E-state index in [4.69, 9.17) is 14.2 Å². The lowest BCUT2D eigenvalue weighted by molar-refractivity contribution is -0.940. The van der Waals surface area contributed by atoms with E-state index in [1.54, 1.807) is 13.8 Å². The molecule has 0 N–H and O–H groups in total. The normalized spacial score (nSPS) is 45.8. The van der Waals surface area contributed by atoms with Crippen molar-refractivity contribution in [3.8, 4) is 0 Å². The Balaban J connectivity index is 0.00000337. The van der Waals surface area contributed by atoms with E-state index < -0.39 is 0 Å². The van der Waals surface area contributed by atoms with Crippen molar-refractivity contribution >= 4 is 11.9 Å². The van der Waals surface area contributed by atoms with Crippen LogP contribution in [0.15, 0.2) is 0 Å². The van der Waals surface area contributed by atoms with Crippen LogP contribution in [0.25, 0.3) is 0 Å². The van der Waals surface area contributed by atoms with Gasteiger partial charge in [-0.1, -0.05) is 13.8 Å². The first-order chi connectivity index (χ1) is 19.0. The number of hydrogen-bond acceptors (Lipinski definition) is 6. The fourth-order valence-electron chi connectivity index (χ4n) is 11.4. The van der Waals surface area contributed by atoms with Crippen molar-refractivity contribution in [1.82, 2.24) is 4.90 Å². The van der Waals surface area contributed by atoms with Gasteiger partial charge in [0.05, 0.1) is 33.4 Å². The molecule has 3 unspecified atom stereocenters. The minimum Gasteiger partial charge on any atom is -1.00 e. The summed E-state index contributed by atoms with van der Waals surface area (Å²) in [5.74, 6) is 2.35. The second kappa shape index (κ2) is 12.0. The van der Waals surface area contributed by atoms with Crippen molar-refractivity contribution in [1.29, 1.82) is 0 Å². The number of ether oxygens (including phenoxy) is 3. The summed E-state index contributed by atoms with van der Waals surface area (Å²) in [4.78, 5) is 27.2. The number of carbonyl (C=O) groups is 2. The van der Waals surface area contributed by atoms with Gasteiger partial charge in [0.15, 0.2) is 6.10 Å². The standard InChI is InChI=1S/C33H55N2O5.BrH/c1-22(36)39-30-19-24-9-10-25-26(33(24,4)21-28(30)34-13-17-38-18-14-34)11-12-32(3)27(25)20-29(31(32)40-23(2)37)35(5)15-7-6-8-16-35;/h24-31H,6-21H2,1-5H3;1H/q+1;/p-1/t24-,25?,26?,27?,28-,29-,30-,31-,32-,33-;/m0./s1. The maximum Gasteiger partial charge on any atom is 0.303 e. The molecule has 0 aromatic carbocycles. The van der Waals surface area contributed by atoms with Crippen LogP contribution in [0.5, 0.6) is 0 Å². The number of rotatable bonds is 4. The molecule has 41 heavy (non-hydrogen) atoms. The molecule has 6 rings (SSSR count). The highest BCUT2D eigenvalue weighted by atomic mass is 79.9. The van der Waals surface area contributed by atoms with Crippen molar-refractivity contribution in [2.45, 2.75) is 116 Å². The molecular weight excluding hydrogens is 584 g/mol. The first kappa shape index (κ1) is 31.7. The van der Waals surface area contributed by atoms with Crippen molar-refractivity contribution in [3.05, 3.63) is 0 Å².